The van der Waals surface area contributed by atoms with Crippen LogP contribution in [0.25, 0.3) is 17.1 Å². The topological polar surface area (TPSA) is 107 Å². The van der Waals surface area contributed by atoms with E-state index < -0.39 is 52.8 Å². The lowest BCUT2D eigenvalue weighted by molar-refractivity contribution is -0.143. The van der Waals surface area contributed by atoms with Gasteiger partial charge in [-0.2, -0.15) is 31.4 Å². The number of carbonyl (C=O) groups is 2. The maximum Gasteiger partial charge on any atom is 0.434 e. The third-order valence-corrected chi connectivity index (χ3v) is 7.13. The van der Waals surface area contributed by atoms with Gasteiger partial charge in [-0.05, 0) is 49.2 Å². The smallest absolute Gasteiger partial charge is 0.434 e. The zero-order chi connectivity index (χ0) is 33.4. The van der Waals surface area contributed by atoms with E-state index in [9.17, 15) is 41.0 Å². The van der Waals surface area contributed by atoms with E-state index >= 15 is 0 Å². The van der Waals surface area contributed by atoms with Crippen molar-refractivity contribution in [2.24, 2.45) is 0 Å². The molecule has 1 fully saturated rings. The first-order valence-electron chi connectivity index (χ1n) is 13.9. The molecule has 0 radical (unpaired) electrons. The van der Waals surface area contributed by atoms with E-state index in [1.165, 1.54) is 18.2 Å². The van der Waals surface area contributed by atoms with Crippen molar-refractivity contribution in [2.75, 3.05) is 13.1 Å². The maximum absolute atomic E-state index is 14.1. The molecule has 1 saturated heterocycles. The number of carboxylic acid groups (broad SMARTS) is 1. The zero-order valence-corrected chi connectivity index (χ0v) is 24.3. The van der Waals surface area contributed by atoms with Gasteiger partial charge in [-0.3, -0.25) is 0 Å². The van der Waals surface area contributed by atoms with Gasteiger partial charge in [-0.25, -0.2) is 19.3 Å². The summed E-state index contributed by atoms with van der Waals surface area (Å²) in [5.41, 5.74) is -2.69. The van der Waals surface area contributed by atoms with E-state index in [0.717, 1.165) is 23.8 Å². The molecule has 5 rings (SSSR count). The number of ether oxygens (including phenoxy) is 2. The van der Waals surface area contributed by atoms with Crippen LogP contribution in [0.4, 0.5) is 31.1 Å². The highest BCUT2D eigenvalue weighted by molar-refractivity contribution is 5.89. The van der Waals surface area contributed by atoms with Gasteiger partial charge in [0, 0.05) is 24.6 Å². The summed E-state index contributed by atoms with van der Waals surface area (Å²) in [5.74, 6) is -2.85. The molecule has 0 saturated carbocycles. The Kier molecular flexibility index (Phi) is 8.69. The molecule has 0 aliphatic carbocycles. The second-order valence-electron chi connectivity index (χ2n) is 10.7. The average molecular weight is 649 g/mol. The molecule has 3 heterocycles. The van der Waals surface area contributed by atoms with Gasteiger partial charge >= 0.3 is 24.4 Å². The number of carbonyl (C=O) groups excluding carboxylic acids is 1. The van der Waals surface area contributed by atoms with Gasteiger partial charge < -0.3 is 19.5 Å². The molecule has 0 atom stereocenters. The molecule has 1 aliphatic heterocycles. The molecular formula is C31H26F6N4O5. The summed E-state index contributed by atoms with van der Waals surface area (Å²) < 4.78 is 94.8. The number of carboxylic acids is 1. The lowest BCUT2D eigenvalue weighted by atomic mass is 9.91. The zero-order valence-electron chi connectivity index (χ0n) is 24.3. The van der Waals surface area contributed by atoms with E-state index in [0.29, 0.717) is 24.8 Å². The van der Waals surface area contributed by atoms with E-state index in [4.69, 9.17) is 9.47 Å². The van der Waals surface area contributed by atoms with E-state index in [1.54, 1.807) is 43.0 Å². The van der Waals surface area contributed by atoms with Crippen LogP contribution in [-0.2, 0) is 23.7 Å². The largest absolute Gasteiger partial charge is 0.488 e. The molecule has 46 heavy (non-hydrogen) atoms. The van der Waals surface area contributed by atoms with E-state index in [-0.39, 0.29) is 34.6 Å². The van der Waals surface area contributed by atoms with Crippen molar-refractivity contribution < 1.29 is 50.5 Å². The quantitative estimate of drug-likeness (QED) is 0.202. The van der Waals surface area contributed by atoms with Gasteiger partial charge in [0.05, 0.1) is 23.6 Å². The van der Waals surface area contributed by atoms with Crippen molar-refractivity contribution >= 4 is 12.1 Å². The molecule has 2 aromatic carbocycles. The molecule has 2 aromatic heterocycles. The fourth-order valence-electron chi connectivity index (χ4n) is 4.92. The van der Waals surface area contributed by atoms with Gasteiger partial charge in [0.15, 0.2) is 11.5 Å². The number of hydrogen-bond acceptors (Lipinski definition) is 6. The van der Waals surface area contributed by atoms with E-state index in [2.05, 4.69) is 10.1 Å². The summed E-state index contributed by atoms with van der Waals surface area (Å²) in [5, 5.41) is 12.8. The molecule has 0 unspecified atom stereocenters. The molecule has 15 heteroatoms. The Morgan fingerprint density at radius 2 is 1.63 bits per heavy atom. The summed E-state index contributed by atoms with van der Waals surface area (Å²) in [6.07, 6.45) is -10.1. The number of para-hydroxylation sites is 1. The molecule has 1 amide bonds. The minimum absolute atomic E-state index is 0.0739. The Morgan fingerprint density at radius 3 is 2.24 bits per heavy atom. The molecule has 1 aliphatic rings. The maximum atomic E-state index is 14.1. The summed E-state index contributed by atoms with van der Waals surface area (Å²) >= 11 is 0. The second kappa shape index (κ2) is 12.4. The number of halogens is 6. The number of likely N-dealkylation sites (tertiary alicyclic amines) is 1. The summed E-state index contributed by atoms with van der Waals surface area (Å²) in [4.78, 5) is 29.1. The number of pyridine rings is 1. The van der Waals surface area contributed by atoms with E-state index in [1.807, 2.05) is 0 Å². The number of benzene rings is 2. The van der Waals surface area contributed by atoms with Crippen LogP contribution in [0.2, 0.25) is 0 Å². The highest BCUT2D eigenvalue weighted by Gasteiger charge is 2.41. The Labute approximate surface area is 258 Å². The number of aromatic nitrogens is 3. The Hall–Kier alpha value is -5.08. The normalized spacial score (nSPS) is 13.9. The van der Waals surface area contributed by atoms with Gasteiger partial charge in [0.2, 0.25) is 0 Å². The molecule has 9 nitrogen and oxygen atoms in total. The van der Waals surface area contributed by atoms with Crippen molar-refractivity contribution in [3.63, 3.8) is 0 Å². The second-order valence-corrected chi connectivity index (χ2v) is 10.7. The highest BCUT2D eigenvalue weighted by atomic mass is 19.4. The Bertz CT molecular complexity index is 1750. The first-order valence-corrected chi connectivity index (χ1v) is 13.9. The fraction of sp³-hybridized carbons (Fsp3) is 0.290. The van der Waals surface area contributed by atoms with Crippen LogP contribution in [0.3, 0.4) is 0 Å². The standard InChI is InChI=1S/C31H26F6N4O5/c1-17(2)46-29(44)40-14-20(15-40)19-11-9-18(10-12-19)16-45-26-21(5-3-6-23(26)30(32,33)34)24-7-4-8-25(39-24)41-27(31(35,36)37)22(13-38-41)28(42)43/h3-13,17,20H,14-16H2,1-2H3,(H,42,43). The Balaban J connectivity index is 1.41. The molecule has 0 spiro atoms. The number of amides is 1. The summed E-state index contributed by atoms with van der Waals surface area (Å²) in [6, 6.07) is 13.8. The van der Waals surface area contributed by atoms with Crippen LogP contribution in [0.1, 0.15) is 52.5 Å². The van der Waals surface area contributed by atoms with Gasteiger partial charge in [0.1, 0.15) is 17.9 Å². The molecule has 242 valence electrons. The lowest BCUT2D eigenvalue weighted by Gasteiger charge is -2.39. The molecule has 1 N–H and O–H groups in total. The van der Waals surface area contributed by atoms with Crippen LogP contribution >= 0.6 is 0 Å². The summed E-state index contributed by atoms with van der Waals surface area (Å²) in [6.45, 7) is 4.17. The minimum atomic E-state index is -5.13. The third-order valence-electron chi connectivity index (χ3n) is 7.13. The monoisotopic (exact) mass is 648 g/mol. The predicted molar refractivity (Wildman–Crippen MR) is 150 cm³/mol. The van der Waals surface area contributed by atoms with Crippen LogP contribution in [0, 0.1) is 0 Å². The SMILES string of the molecule is CC(C)OC(=O)N1CC(c2ccc(COc3c(-c4cccc(-n5ncc(C(=O)O)c5C(F)(F)F)n4)cccc3C(F)(F)F)cc2)C1. The average Bonchev–Trinajstić information content (AvgIpc) is 3.42. The summed E-state index contributed by atoms with van der Waals surface area (Å²) in [7, 11) is 0. The fourth-order valence-corrected chi connectivity index (χ4v) is 4.92. The number of hydrogen-bond donors (Lipinski definition) is 1. The number of aromatic carboxylic acids is 1. The van der Waals surface area contributed by atoms with Gasteiger partial charge in [0.25, 0.3) is 0 Å². The van der Waals surface area contributed by atoms with Crippen molar-refractivity contribution in [2.45, 2.75) is 44.8 Å². The third kappa shape index (κ3) is 6.77. The van der Waals surface area contributed by atoms with Crippen LogP contribution in [0.15, 0.2) is 66.9 Å². The first kappa shape index (κ1) is 32.3. The number of rotatable bonds is 8. The van der Waals surface area contributed by atoms with Crippen LogP contribution in [-0.4, -0.2) is 56.0 Å². The van der Waals surface area contributed by atoms with Crippen molar-refractivity contribution in [3.05, 3.63) is 94.8 Å². The highest BCUT2D eigenvalue weighted by Crippen LogP contribution is 2.42. The van der Waals surface area contributed by atoms with Crippen LogP contribution in [0.5, 0.6) is 5.75 Å². The van der Waals surface area contributed by atoms with Gasteiger partial charge in [-0.15, -0.1) is 0 Å². The number of alkyl halides is 6. The van der Waals surface area contributed by atoms with Crippen molar-refractivity contribution in [1.29, 1.82) is 0 Å². The lowest BCUT2D eigenvalue weighted by Crippen LogP contribution is -2.49. The Morgan fingerprint density at radius 1 is 0.957 bits per heavy atom. The van der Waals surface area contributed by atoms with Crippen molar-refractivity contribution in [3.8, 4) is 22.8 Å². The number of nitrogens with zero attached hydrogens (tertiary/aromatic N) is 4. The van der Waals surface area contributed by atoms with Crippen LogP contribution < -0.4 is 4.74 Å². The molecular weight excluding hydrogens is 622 g/mol. The molecule has 4 aromatic rings. The van der Waals surface area contributed by atoms with Crippen molar-refractivity contribution in [1.82, 2.24) is 19.7 Å². The van der Waals surface area contributed by atoms with Gasteiger partial charge in [-0.1, -0.05) is 36.4 Å². The predicted octanol–water partition coefficient (Wildman–Crippen LogP) is 7.19. The molecule has 0 bridgehead atoms. The minimum Gasteiger partial charge on any atom is -0.488 e. The first-order chi connectivity index (χ1) is 21.6.